The van der Waals surface area contributed by atoms with Gasteiger partial charge in [0.1, 0.15) is 11.4 Å². The van der Waals surface area contributed by atoms with E-state index in [2.05, 4.69) is 32.7 Å². The van der Waals surface area contributed by atoms with Gasteiger partial charge in [0.25, 0.3) is 5.91 Å². The highest BCUT2D eigenvalue weighted by atomic mass is 35.5. The van der Waals surface area contributed by atoms with Gasteiger partial charge >= 0.3 is 6.18 Å². The van der Waals surface area contributed by atoms with E-state index in [9.17, 15) is 26.4 Å². The lowest BCUT2D eigenvalue weighted by atomic mass is 9.63. The van der Waals surface area contributed by atoms with E-state index in [1.807, 2.05) is 19.1 Å². The molecule has 0 unspecified atom stereocenters. The lowest BCUT2D eigenvalue weighted by Gasteiger charge is -2.52. The minimum atomic E-state index is -4.24. The number of methoxy groups -OCH3 is 1. The van der Waals surface area contributed by atoms with Gasteiger partial charge in [-0.15, -0.1) is 0 Å². The molecule has 0 aromatic heterocycles. The molecule has 2 aromatic carbocycles. The van der Waals surface area contributed by atoms with Gasteiger partial charge in [-0.2, -0.15) is 13.2 Å². The Morgan fingerprint density at radius 3 is 2.52 bits per heavy atom. The molecular weight excluding hydrogens is 741 g/mol. The van der Waals surface area contributed by atoms with Crippen molar-refractivity contribution in [1.29, 1.82) is 0 Å². The predicted octanol–water partition coefficient (Wildman–Crippen LogP) is 6.45. The summed E-state index contributed by atoms with van der Waals surface area (Å²) in [4.78, 5) is 19.6. The van der Waals surface area contributed by atoms with Crippen molar-refractivity contribution in [2.75, 3.05) is 71.0 Å². The number of fused-ring (bicyclic) bond motifs is 4. The fourth-order valence-electron chi connectivity index (χ4n) is 9.52. The molecule has 5 aliphatic rings. The summed E-state index contributed by atoms with van der Waals surface area (Å²) in [5.41, 5.74) is 2.33. The first-order valence-electron chi connectivity index (χ1n) is 19.2. The van der Waals surface area contributed by atoms with Gasteiger partial charge in [-0.05, 0) is 105 Å². The number of hydrogen-bond donors (Lipinski definition) is 1. The minimum Gasteiger partial charge on any atom is -0.490 e. The highest BCUT2D eigenvalue weighted by Gasteiger charge is 2.50. The molecule has 2 bridgehead atoms. The number of sulfonamides is 1. The van der Waals surface area contributed by atoms with Gasteiger partial charge in [-0.1, -0.05) is 36.7 Å². The van der Waals surface area contributed by atoms with Crippen LogP contribution in [0.3, 0.4) is 0 Å². The van der Waals surface area contributed by atoms with Crippen LogP contribution in [-0.4, -0.2) is 107 Å². The molecule has 1 spiro atoms. The molecule has 296 valence electrons. The summed E-state index contributed by atoms with van der Waals surface area (Å²) in [5.74, 6) is -0.0758. The van der Waals surface area contributed by atoms with Crippen molar-refractivity contribution >= 4 is 33.2 Å². The smallest absolute Gasteiger partial charge is 0.401 e. The number of ether oxygens (including phenoxy) is 2. The van der Waals surface area contributed by atoms with Crippen LogP contribution in [0.1, 0.15) is 67.4 Å². The third-order valence-corrected chi connectivity index (χ3v) is 15.1. The van der Waals surface area contributed by atoms with E-state index in [1.54, 1.807) is 32.2 Å². The number of anilines is 1. The summed E-state index contributed by atoms with van der Waals surface area (Å²) in [5, 5.41) is -0.166. The van der Waals surface area contributed by atoms with Crippen molar-refractivity contribution in [3.63, 3.8) is 0 Å². The Morgan fingerprint density at radius 2 is 1.81 bits per heavy atom. The maximum absolute atomic E-state index is 13.6. The maximum Gasteiger partial charge on any atom is 0.401 e. The molecule has 9 nitrogen and oxygen atoms in total. The molecule has 6 atom stereocenters. The number of alkyl halides is 3. The zero-order valence-corrected chi connectivity index (χ0v) is 32.9. The summed E-state index contributed by atoms with van der Waals surface area (Å²) in [7, 11) is -2.32. The molecule has 54 heavy (non-hydrogen) atoms. The molecule has 7 rings (SSSR count). The molecule has 1 amide bonds. The van der Waals surface area contributed by atoms with Crippen LogP contribution in [0.5, 0.6) is 5.75 Å². The number of aryl methyl sites for hydroxylation is 1. The molecule has 0 radical (unpaired) electrons. The summed E-state index contributed by atoms with van der Waals surface area (Å²) in [6.45, 7) is 6.41. The normalized spacial score (nSPS) is 32.7. The van der Waals surface area contributed by atoms with Gasteiger partial charge < -0.3 is 14.4 Å². The zero-order valence-electron chi connectivity index (χ0n) is 31.3. The SMILES string of the molecule is CO[C@]1(CN2CCN(CC(F)(F)F)CC2)/C=C\C[C@H](C)[C@@H](C)S(=O)(=O)NC(=O)c2ccc3c(c2)N(C[C@@H]2CC[C@H]21)C[C@@]1(CCCc2cc(Cl)ccc21)CO3. The molecule has 2 fully saturated rings. The van der Waals surface area contributed by atoms with Gasteiger partial charge in [0.15, 0.2) is 0 Å². The number of amides is 1. The van der Waals surface area contributed by atoms with Gasteiger partial charge in [-0.25, -0.2) is 13.1 Å². The Morgan fingerprint density at radius 1 is 1.06 bits per heavy atom. The largest absolute Gasteiger partial charge is 0.490 e. The highest BCUT2D eigenvalue weighted by Crippen LogP contribution is 2.49. The molecule has 2 aliphatic carbocycles. The third-order valence-electron chi connectivity index (χ3n) is 13.0. The second-order valence-electron chi connectivity index (χ2n) is 16.4. The fourth-order valence-corrected chi connectivity index (χ4v) is 11.0. The van der Waals surface area contributed by atoms with Crippen LogP contribution in [0.4, 0.5) is 18.9 Å². The second-order valence-corrected chi connectivity index (χ2v) is 18.8. The fraction of sp³-hybridized carbons (Fsp3) is 0.625. The Hall–Kier alpha value is -2.84. The average molecular weight is 793 g/mol. The zero-order chi connectivity index (χ0) is 38.5. The van der Waals surface area contributed by atoms with Crippen molar-refractivity contribution in [2.24, 2.45) is 17.8 Å². The Kier molecular flexibility index (Phi) is 11.1. The molecule has 14 heteroatoms. The number of rotatable bonds is 4. The van der Waals surface area contributed by atoms with Crippen LogP contribution in [-0.2, 0) is 26.6 Å². The number of allylic oxidation sites excluding steroid dienone is 1. The molecule has 1 N–H and O–H groups in total. The second kappa shape index (κ2) is 15.2. The average Bonchev–Trinajstić information content (AvgIpc) is 3.25. The lowest BCUT2D eigenvalue weighted by molar-refractivity contribution is -0.151. The molecule has 1 saturated heterocycles. The monoisotopic (exact) mass is 792 g/mol. The maximum atomic E-state index is 13.6. The number of hydrogen-bond acceptors (Lipinski definition) is 8. The standard InChI is InChI=1S/C40H52ClF3N4O5S/c1-27-6-4-15-39(52-3,24-46-16-18-47(19-17-46)25-40(42,43)44)34-11-8-31(34)22-48-23-38(14-5-7-29-20-32(41)10-12-33(29)38)26-53-36-13-9-30(21-35(36)48)37(49)45-54(50,51)28(27)2/h4,9-10,12-13,15,20-21,27-28,31,34H,5-8,11,14,16-19,22-26H2,1-3H3,(H,45,49)/b15-4-/t27-,28+,31-,34+,38-,39-/m0/s1. The van der Waals surface area contributed by atoms with Crippen molar-refractivity contribution in [3.8, 4) is 5.75 Å². The number of nitrogens with one attached hydrogen (secondary N) is 1. The Bertz CT molecular complexity index is 1850. The van der Waals surface area contributed by atoms with Crippen LogP contribution in [0, 0.1) is 17.8 Å². The van der Waals surface area contributed by atoms with Gasteiger partial charge in [-0.3, -0.25) is 14.6 Å². The van der Waals surface area contributed by atoms with E-state index in [-0.39, 0.29) is 28.7 Å². The first-order chi connectivity index (χ1) is 25.6. The topological polar surface area (TPSA) is 91.4 Å². The Balaban J connectivity index is 1.26. The summed E-state index contributed by atoms with van der Waals surface area (Å²) >= 11 is 6.47. The third kappa shape index (κ3) is 8.03. The van der Waals surface area contributed by atoms with Gasteiger partial charge in [0.05, 0.1) is 24.1 Å². The summed E-state index contributed by atoms with van der Waals surface area (Å²) in [6.07, 6.45) is 4.97. The van der Waals surface area contributed by atoms with E-state index in [4.69, 9.17) is 21.1 Å². The quantitative estimate of drug-likeness (QED) is 0.354. The van der Waals surface area contributed by atoms with Gasteiger partial charge in [0, 0.05) is 68.9 Å². The van der Waals surface area contributed by atoms with Crippen LogP contribution in [0.15, 0.2) is 48.6 Å². The first kappa shape index (κ1) is 39.4. The van der Waals surface area contributed by atoms with Crippen molar-refractivity contribution in [3.05, 3.63) is 70.3 Å². The molecule has 3 aliphatic heterocycles. The van der Waals surface area contributed by atoms with Crippen LogP contribution in [0.2, 0.25) is 5.02 Å². The van der Waals surface area contributed by atoms with E-state index in [1.165, 1.54) is 16.0 Å². The van der Waals surface area contributed by atoms with Crippen molar-refractivity contribution in [2.45, 2.75) is 74.8 Å². The highest BCUT2D eigenvalue weighted by molar-refractivity contribution is 7.90. The van der Waals surface area contributed by atoms with Crippen LogP contribution >= 0.6 is 11.6 Å². The van der Waals surface area contributed by atoms with E-state index in [0.29, 0.717) is 69.6 Å². The van der Waals surface area contributed by atoms with E-state index < -0.39 is 39.5 Å². The summed E-state index contributed by atoms with van der Waals surface area (Å²) < 4.78 is 82.3. The van der Waals surface area contributed by atoms with Crippen molar-refractivity contribution < 1.29 is 35.9 Å². The molecular formula is C40H52ClF3N4O5S. The number of benzene rings is 2. The number of halogens is 4. The Labute approximate surface area is 322 Å². The number of carbonyl (C=O) groups excluding carboxylic acids is 1. The van der Waals surface area contributed by atoms with E-state index >= 15 is 0 Å². The van der Waals surface area contributed by atoms with Gasteiger partial charge in [0.2, 0.25) is 10.0 Å². The summed E-state index contributed by atoms with van der Waals surface area (Å²) in [6, 6.07) is 11.3. The lowest BCUT2D eigenvalue weighted by Crippen LogP contribution is -2.59. The number of carbonyl (C=O) groups is 1. The molecule has 2 aromatic rings. The number of piperazine rings is 1. The van der Waals surface area contributed by atoms with E-state index in [0.717, 1.165) is 37.8 Å². The van der Waals surface area contributed by atoms with Crippen LogP contribution < -0.4 is 14.4 Å². The minimum absolute atomic E-state index is 0.0869. The first-order valence-corrected chi connectivity index (χ1v) is 21.1. The predicted molar refractivity (Wildman–Crippen MR) is 204 cm³/mol. The number of nitrogens with zero attached hydrogens (tertiary/aromatic N) is 3. The van der Waals surface area contributed by atoms with Crippen LogP contribution in [0.25, 0.3) is 0 Å². The molecule has 1 saturated carbocycles. The van der Waals surface area contributed by atoms with Crippen molar-refractivity contribution in [1.82, 2.24) is 14.5 Å². The molecule has 3 heterocycles.